The summed E-state index contributed by atoms with van der Waals surface area (Å²) in [5, 5.41) is 0. The van der Waals surface area contributed by atoms with E-state index in [1.807, 2.05) is 0 Å². The largest absolute Gasteiger partial charge is 0.342 e. The quantitative estimate of drug-likeness (QED) is 0.511. The van der Waals surface area contributed by atoms with Gasteiger partial charge < -0.3 is 4.98 Å². The van der Waals surface area contributed by atoms with Crippen LogP contribution in [0.2, 0.25) is 0 Å². The summed E-state index contributed by atoms with van der Waals surface area (Å²) in [6.07, 6.45) is 0.926. The first-order chi connectivity index (χ1) is 11.7. The molecule has 1 heterocycles. The highest BCUT2D eigenvalue weighted by Gasteiger charge is 2.05. The molecule has 2 heteroatoms. The summed E-state index contributed by atoms with van der Waals surface area (Å²) < 4.78 is 0. The summed E-state index contributed by atoms with van der Waals surface area (Å²) in [5.41, 5.74) is 8.36. The van der Waals surface area contributed by atoms with E-state index in [0.717, 1.165) is 23.3 Å². The molecule has 0 radical (unpaired) electrons. The van der Waals surface area contributed by atoms with E-state index in [9.17, 15) is 0 Å². The molecule has 0 fully saturated rings. The summed E-state index contributed by atoms with van der Waals surface area (Å²) in [6, 6.07) is 23.8. The number of rotatable bonds is 3. The predicted molar refractivity (Wildman–Crippen MR) is 101 cm³/mol. The SMILES string of the molecule is CCc1nc2ccc(-c3ccc(-c4ccc(C)cc4)cc3)cc2[nH]1. The third-order valence-corrected chi connectivity index (χ3v) is 4.47. The van der Waals surface area contributed by atoms with Crippen LogP contribution >= 0.6 is 0 Å². The van der Waals surface area contributed by atoms with Gasteiger partial charge >= 0.3 is 0 Å². The van der Waals surface area contributed by atoms with Crippen molar-refractivity contribution in [2.24, 2.45) is 0 Å². The van der Waals surface area contributed by atoms with Crippen molar-refractivity contribution in [3.05, 3.63) is 78.1 Å². The minimum Gasteiger partial charge on any atom is -0.342 e. The summed E-state index contributed by atoms with van der Waals surface area (Å²) in [5.74, 6) is 1.04. The molecule has 0 aliphatic carbocycles. The fourth-order valence-electron chi connectivity index (χ4n) is 3.01. The van der Waals surface area contributed by atoms with Gasteiger partial charge in [-0.2, -0.15) is 0 Å². The van der Waals surface area contributed by atoms with Gasteiger partial charge in [0.15, 0.2) is 0 Å². The number of imidazole rings is 1. The smallest absolute Gasteiger partial charge is 0.106 e. The first-order valence-electron chi connectivity index (χ1n) is 8.39. The van der Waals surface area contributed by atoms with Gasteiger partial charge in [-0.1, -0.05) is 67.1 Å². The van der Waals surface area contributed by atoms with Crippen molar-refractivity contribution in [1.82, 2.24) is 9.97 Å². The zero-order valence-corrected chi connectivity index (χ0v) is 14.0. The average molecular weight is 312 g/mol. The van der Waals surface area contributed by atoms with Crippen LogP contribution in [0.15, 0.2) is 66.7 Å². The minimum atomic E-state index is 0.926. The van der Waals surface area contributed by atoms with E-state index < -0.39 is 0 Å². The molecular formula is C22H20N2. The molecule has 0 bridgehead atoms. The molecule has 1 aromatic heterocycles. The maximum atomic E-state index is 4.57. The van der Waals surface area contributed by atoms with Crippen molar-refractivity contribution >= 4 is 11.0 Å². The lowest BCUT2D eigenvalue weighted by Crippen LogP contribution is -1.81. The van der Waals surface area contributed by atoms with Gasteiger partial charge in [0.05, 0.1) is 11.0 Å². The Bertz CT molecular complexity index is 977. The Kier molecular flexibility index (Phi) is 3.66. The Labute approximate surface area is 142 Å². The van der Waals surface area contributed by atoms with E-state index in [1.54, 1.807) is 0 Å². The fraction of sp³-hybridized carbons (Fsp3) is 0.136. The topological polar surface area (TPSA) is 28.7 Å². The molecule has 0 aliphatic rings. The second kappa shape index (κ2) is 5.97. The van der Waals surface area contributed by atoms with E-state index in [4.69, 9.17) is 0 Å². The number of aromatic amines is 1. The van der Waals surface area contributed by atoms with Crippen LogP contribution in [-0.4, -0.2) is 9.97 Å². The lowest BCUT2D eigenvalue weighted by Gasteiger charge is -2.06. The molecule has 0 spiro atoms. The normalized spacial score (nSPS) is 11.1. The van der Waals surface area contributed by atoms with E-state index in [-0.39, 0.29) is 0 Å². The average Bonchev–Trinajstić information content (AvgIpc) is 3.05. The van der Waals surface area contributed by atoms with E-state index in [0.29, 0.717) is 0 Å². The first kappa shape index (κ1) is 14.7. The van der Waals surface area contributed by atoms with Crippen molar-refractivity contribution in [3.8, 4) is 22.3 Å². The Morgan fingerprint density at radius 1 is 0.750 bits per heavy atom. The molecule has 0 amide bonds. The molecule has 0 atom stereocenters. The van der Waals surface area contributed by atoms with E-state index >= 15 is 0 Å². The van der Waals surface area contributed by atoms with Crippen LogP contribution < -0.4 is 0 Å². The molecule has 3 aromatic carbocycles. The maximum absolute atomic E-state index is 4.57. The van der Waals surface area contributed by atoms with Crippen LogP contribution in [-0.2, 0) is 6.42 Å². The van der Waals surface area contributed by atoms with Gasteiger partial charge in [0, 0.05) is 6.42 Å². The molecule has 4 aromatic rings. The first-order valence-corrected chi connectivity index (χ1v) is 8.39. The number of H-pyrrole nitrogens is 1. The Morgan fingerprint density at radius 3 is 1.92 bits per heavy atom. The molecule has 0 unspecified atom stereocenters. The summed E-state index contributed by atoms with van der Waals surface area (Å²) in [6.45, 7) is 4.23. The molecule has 118 valence electrons. The zero-order chi connectivity index (χ0) is 16.5. The zero-order valence-electron chi connectivity index (χ0n) is 14.0. The Morgan fingerprint density at radius 2 is 1.29 bits per heavy atom. The molecule has 1 N–H and O–H groups in total. The molecule has 0 aliphatic heterocycles. The number of aryl methyl sites for hydroxylation is 2. The predicted octanol–water partition coefficient (Wildman–Crippen LogP) is 5.77. The summed E-state index contributed by atoms with van der Waals surface area (Å²) in [7, 11) is 0. The Balaban J connectivity index is 1.68. The van der Waals surface area contributed by atoms with Gasteiger partial charge in [0.25, 0.3) is 0 Å². The van der Waals surface area contributed by atoms with Crippen LogP contribution in [0.1, 0.15) is 18.3 Å². The number of benzene rings is 3. The van der Waals surface area contributed by atoms with Gasteiger partial charge in [-0.05, 0) is 41.3 Å². The summed E-state index contributed by atoms with van der Waals surface area (Å²) >= 11 is 0. The molecular weight excluding hydrogens is 292 g/mol. The highest BCUT2D eigenvalue weighted by atomic mass is 14.9. The molecule has 2 nitrogen and oxygen atoms in total. The Hall–Kier alpha value is -2.87. The van der Waals surface area contributed by atoms with E-state index in [1.165, 1.54) is 27.8 Å². The van der Waals surface area contributed by atoms with Crippen molar-refractivity contribution in [1.29, 1.82) is 0 Å². The number of nitrogens with one attached hydrogen (secondary N) is 1. The lowest BCUT2D eigenvalue weighted by atomic mass is 9.99. The number of hydrogen-bond acceptors (Lipinski definition) is 1. The van der Waals surface area contributed by atoms with Crippen molar-refractivity contribution in [2.45, 2.75) is 20.3 Å². The number of aromatic nitrogens is 2. The molecule has 24 heavy (non-hydrogen) atoms. The molecule has 0 saturated carbocycles. The van der Waals surface area contributed by atoms with Gasteiger partial charge in [0.1, 0.15) is 5.82 Å². The van der Waals surface area contributed by atoms with Gasteiger partial charge in [-0.3, -0.25) is 0 Å². The van der Waals surface area contributed by atoms with Gasteiger partial charge in [-0.15, -0.1) is 0 Å². The highest BCUT2D eigenvalue weighted by Crippen LogP contribution is 2.27. The van der Waals surface area contributed by atoms with Crippen LogP contribution in [0.4, 0.5) is 0 Å². The maximum Gasteiger partial charge on any atom is 0.106 e. The number of nitrogens with zero attached hydrogens (tertiary/aromatic N) is 1. The van der Waals surface area contributed by atoms with Crippen molar-refractivity contribution in [2.75, 3.05) is 0 Å². The second-order valence-corrected chi connectivity index (χ2v) is 6.21. The lowest BCUT2D eigenvalue weighted by molar-refractivity contribution is 1.00. The van der Waals surface area contributed by atoms with Crippen LogP contribution in [0.5, 0.6) is 0 Å². The molecule has 4 rings (SSSR count). The van der Waals surface area contributed by atoms with Crippen LogP contribution in [0.3, 0.4) is 0 Å². The monoisotopic (exact) mass is 312 g/mol. The van der Waals surface area contributed by atoms with Crippen LogP contribution in [0.25, 0.3) is 33.3 Å². The minimum absolute atomic E-state index is 0.926. The van der Waals surface area contributed by atoms with Crippen molar-refractivity contribution in [3.63, 3.8) is 0 Å². The molecule has 0 saturated heterocycles. The number of hydrogen-bond donors (Lipinski definition) is 1. The van der Waals surface area contributed by atoms with E-state index in [2.05, 4.69) is 90.5 Å². The van der Waals surface area contributed by atoms with Gasteiger partial charge in [-0.25, -0.2) is 4.98 Å². The third kappa shape index (κ3) is 2.71. The van der Waals surface area contributed by atoms with Crippen LogP contribution in [0, 0.1) is 6.92 Å². The highest BCUT2D eigenvalue weighted by molar-refractivity contribution is 5.82. The second-order valence-electron chi connectivity index (χ2n) is 6.21. The fourth-order valence-corrected chi connectivity index (χ4v) is 3.01. The number of fused-ring (bicyclic) bond motifs is 1. The standard InChI is InChI=1S/C22H20N2/c1-3-22-23-20-13-12-19(14-21(20)24-22)18-10-8-17(9-11-18)16-6-4-15(2)5-7-16/h4-14H,3H2,1-2H3,(H,23,24). The summed E-state index contributed by atoms with van der Waals surface area (Å²) in [4.78, 5) is 7.96. The van der Waals surface area contributed by atoms with Gasteiger partial charge in [0.2, 0.25) is 0 Å². The third-order valence-electron chi connectivity index (χ3n) is 4.47. The van der Waals surface area contributed by atoms with Crippen molar-refractivity contribution < 1.29 is 0 Å².